The lowest BCUT2D eigenvalue weighted by molar-refractivity contribution is -0.393. The summed E-state index contributed by atoms with van der Waals surface area (Å²) in [6.07, 6.45) is 0. The van der Waals surface area contributed by atoms with Crippen molar-refractivity contribution in [3.63, 3.8) is 0 Å². The summed E-state index contributed by atoms with van der Waals surface area (Å²) in [5.74, 6) is 0.846. The molecule has 148 valence electrons. The molecule has 1 heterocycles. The van der Waals surface area contributed by atoms with E-state index in [9.17, 15) is 20.2 Å². The van der Waals surface area contributed by atoms with Crippen LogP contribution in [0.2, 0.25) is 0 Å². The number of ether oxygens (including phenoxy) is 1. The summed E-state index contributed by atoms with van der Waals surface area (Å²) < 4.78 is 5.44. The Balaban J connectivity index is 1.71. The second-order valence-corrected chi connectivity index (χ2v) is 6.77. The van der Waals surface area contributed by atoms with Crippen LogP contribution in [0.25, 0.3) is 0 Å². The Bertz CT molecular complexity index is 894. The van der Waals surface area contributed by atoms with Gasteiger partial charge in [0.1, 0.15) is 11.4 Å². The van der Waals surface area contributed by atoms with Crippen LogP contribution in [0.15, 0.2) is 36.4 Å². The van der Waals surface area contributed by atoms with Crippen LogP contribution in [0.3, 0.4) is 0 Å². The molecule has 0 saturated carbocycles. The lowest BCUT2D eigenvalue weighted by Gasteiger charge is -2.36. The Hall–Kier alpha value is -3.20. The van der Waals surface area contributed by atoms with Crippen molar-refractivity contribution in [2.24, 2.45) is 0 Å². The third kappa shape index (κ3) is 4.20. The van der Waals surface area contributed by atoms with Gasteiger partial charge in [0.15, 0.2) is 0 Å². The van der Waals surface area contributed by atoms with Crippen LogP contribution in [0.1, 0.15) is 11.1 Å². The van der Waals surface area contributed by atoms with Gasteiger partial charge in [-0.25, -0.2) is 0 Å². The SMILES string of the molecule is COc1ccc(C)cc1CN1CCN(c2ccc([N+](=O)[O-])cc2[N+](=O)[O-])CC1. The van der Waals surface area contributed by atoms with Crippen molar-refractivity contribution in [3.8, 4) is 5.75 Å². The smallest absolute Gasteiger partial charge is 0.299 e. The largest absolute Gasteiger partial charge is 0.496 e. The summed E-state index contributed by atoms with van der Waals surface area (Å²) in [6, 6.07) is 9.88. The summed E-state index contributed by atoms with van der Waals surface area (Å²) in [4.78, 5) is 25.3. The summed E-state index contributed by atoms with van der Waals surface area (Å²) in [5, 5.41) is 22.3. The normalized spacial score (nSPS) is 14.7. The van der Waals surface area contributed by atoms with E-state index < -0.39 is 9.85 Å². The maximum atomic E-state index is 11.4. The van der Waals surface area contributed by atoms with Crippen molar-refractivity contribution in [1.29, 1.82) is 0 Å². The Kier molecular flexibility index (Phi) is 5.74. The van der Waals surface area contributed by atoms with Gasteiger partial charge >= 0.3 is 0 Å². The van der Waals surface area contributed by atoms with E-state index in [0.29, 0.717) is 18.8 Å². The van der Waals surface area contributed by atoms with Gasteiger partial charge in [0.05, 0.1) is 23.0 Å². The van der Waals surface area contributed by atoms with Gasteiger partial charge in [-0.05, 0) is 19.1 Å². The van der Waals surface area contributed by atoms with Gasteiger partial charge < -0.3 is 9.64 Å². The number of hydrogen-bond donors (Lipinski definition) is 0. The van der Waals surface area contributed by atoms with Gasteiger partial charge in [-0.1, -0.05) is 17.7 Å². The van der Waals surface area contributed by atoms with Crippen LogP contribution < -0.4 is 9.64 Å². The van der Waals surface area contributed by atoms with Gasteiger partial charge in [-0.2, -0.15) is 0 Å². The predicted octanol–water partition coefficient (Wildman–Crippen LogP) is 3.14. The summed E-state index contributed by atoms with van der Waals surface area (Å²) in [7, 11) is 1.65. The maximum Gasteiger partial charge on any atom is 0.299 e. The molecule has 9 heteroatoms. The average Bonchev–Trinajstić information content (AvgIpc) is 2.68. The number of methoxy groups -OCH3 is 1. The van der Waals surface area contributed by atoms with Crippen molar-refractivity contribution in [2.75, 3.05) is 38.2 Å². The molecule has 28 heavy (non-hydrogen) atoms. The van der Waals surface area contributed by atoms with E-state index in [0.717, 1.165) is 42.6 Å². The predicted molar refractivity (Wildman–Crippen MR) is 105 cm³/mol. The van der Waals surface area contributed by atoms with Gasteiger partial charge in [-0.3, -0.25) is 25.1 Å². The Morgan fingerprint density at radius 1 is 1.00 bits per heavy atom. The topological polar surface area (TPSA) is 102 Å². The summed E-state index contributed by atoms with van der Waals surface area (Å²) in [5.41, 5.74) is 2.18. The van der Waals surface area contributed by atoms with Crippen molar-refractivity contribution in [2.45, 2.75) is 13.5 Å². The zero-order valence-corrected chi connectivity index (χ0v) is 15.8. The lowest BCUT2D eigenvalue weighted by Crippen LogP contribution is -2.46. The molecule has 0 N–H and O–H groups in total. The monoisotopic (exact) mass is 386 g/mol. The fourth-order valence-corrected chi connectivity index (χ4v) is 3.46. The molecule has 1 aliphatic rings. The third-order valence-corrected chi connectivity index (χ3v) is 4.91. The average molecular weight is 386 g/mol. The fourth-order valence-electron chi connectivity index (χ4n) is 3.46. The van der Waals surface area contributed by atoms with Gasteiger partial charge in [0.25, 0.3) is 11.4 Å². The highest BCUT2D eigenvalue weighted by Crippen LogP contribution is 2.33. The van der Waals surface area contributed by atoms with Gasteiger partial charge in [0.2, 0.25) is 0 Å². The minimum Gasteiger partial charge on any atom is -0.496 e. The van der Waals surface area contributed by atoms with E-state index in [1.54, 1.807) is 7.11 Å². The van der Waals surface area contributed by atoms with Gasteiger partial charge in [0, 0.05) is 44.4 Å². The molecule has 0 unspecified atom stereocenters. The molecular formula is C19H22N4O5. The van der Waals surface area contributed by atoms with Crippen molar-refractivity contribution < 1.29 is 14.6 Å². The number of aryl methyl sites for hydroxylation is 1. The summed E-state index contributed by atoms with van der Waals surface area (Å²) >= 11 is 0. The van der Waals surface area contributed by atoms with Crippen LogP contribution >= 0.6 is 0 Å². The standard InChI is InChI=1S/C19H22N4O5/c1-14-3-6-19(28-2)15(11-14)13-20-7-9-21(10-8-20)17-5-4-16(22(24)25)12-18(17)23(26)27/h3-6,11-12H,7-10,13H2,1-2H3. The lowest BCUT2D eigenvalue weighted by atomic mass is 10.1. The Morgan fingerprint density at radius 2 is 1.71 bits per heavy atom. The highest BCUT2D eigenvalue weighted by atomic mass is 16.6. The molecule has 2 aromatic carbocycles. The number of anilines is 1. The number of benzene rings is 2. The van der Waals surface area contributed by atoms with Crippen molar-refractivity contribution in [3.05, 3.63) is 67.8 Å². The van der Waals surface area contributed by atoms with Crippen LogP contribution in [0, 0.1) is 27.2 Å². The first-order chi connectivity index (χ1) is 13.4. The molecule has 1 aliphatic heterocycles. The van der Waals surface area contributed by atoms with E-state index in [1.807, 2.05) is 24.0 Å². The second-order valence-electron chi connectivity index (χ2n) is 6.77. The molecular weight excluding hydrogens is 364 g/mol. The fraction of sp³-hybridized carbons (Fsp3) is 0.368. The van der Waals surface area contributed by atoms with Crippen LogP contribution in [0.4, 0.5) is 17.1 Å². The van der Waals surface area contributed by atoms with Crippen LogP contribution in [0.5, 0.6) is 5.75 Å². The van der Waals surface area contributed by atoms with E-state index >= 15 is 0 Å². The molecule has 3 rings (SSSR count). The number of non-ortho nitro benzene ring substituents is 1. The molecule has 1 saturated heterocycles. The molecule has 9 nitrogen and oxygen atoms in total. The quantitative estimate of drug-likeness (QED) is 0.555. The minimum absolute atomic E-state index is 0.233. The molecule has 0 amide bonds. The molecule has 2 aromatic rings. The van der Waals surface area contributed by atoms with Gasteiger partial charge in [-0.15, -0.1) is 0 Å². The molecule has 0 aromatic heterocycles. The minimum atomic E-state index is -0.621. The number of nitrogens with zero attached hydrogens (tertiary/aromatic N) is 4. The van der Waals surface area contributed by atoms with E-state index in [4.69, 9.17) is 4.74 Å². The van der Waals surface area contributed by atoms with E-state index in [-0.39, 0.29) is 11.4 Å². The molecule has 0 bridgehead atoms. The third-order valence-electron chi connectivity index (χ3n) is 4.91. The number of hydrogen-bond acceptors (Lipinski definition) is 7. The number of nitro benzene ring substituents is 2. The zero-order valence-electron chi connectivity index (χ0n) is 15.8. The van der Waals surface area contributed by atoms with Crippen LogP contribution in [-0.2, 0) is 6.54 Å². The molecule has 0 aliphatic carbocycles. The van der Waals surface area contributed by atoms with Crippen molar-refractivity contribution >= 4 is 17.1 Å². The first-order valence-corrected chi connectivity index (χ1v) is 8.92. The number of nitro groups is 2. The maximum absolute atomic E-state index is 11.4. The second kappa shape index (κ2) is 8.22. The molecule has 0 spiro atoms. The zero-order chi connectivity index (χ0) is 20.3. The highest BCUT2D eigenvalue weighted by Gasteiger charge is 2.26. The van der Waals surface area contributed by atoms with Crippen LogP contribution in [-0.4, -0.2) is 48.0 Å². The molecule has 0 atom stereocenters. The van der Waals surface area contributed by atoms with E-state index in [1.165, 1.54) is 12.1 Å². The first-order valence-electron chi connectivity index (χ1n) is 8.92. The van der Waals surface area contributed by atoms with E-state index in [2.05, 4.69) is 11.0 Å². The highest BCUT2D eigenvalue weighted by molar-refractivity contribution is 5.67. The Morgan fingerprint density at radius 3 is 2.32 bits per heavy atom. The Labute approximate surface area is 162 Å². The summed E-state index contributed by atoms with van der Waals surface area (Å²) in [6.45, 7) is 5.44. The number of piperazine rings is 1. The van der Waals surface area contributed by atoms with Crippen molar-refractivity contribution in [1.82, 2.24) is 4.90 Å². The molecule has 1 fully saturated rings. The first kappa shape index (κ1) is 19.6. The number of rotatable bonds is 6. The molecule has 0 radical (unpaired) electrons.